The Kier molecular flexibility index (Phi) is 5.70. The first-order valence-corrected chi connectivity index (χ1v) is 12.0. The molecule has 2 aromatic rings. The summed E-state index contributed by atoms with van der Waals surface area (Å²) in [5.41, 5.74) is 4.07. The molecule has 1 saturated heterocycles. The van der Waals surface area contributed by atoms with E-state index in [2.05, 4.69) is 13.0 Å². The first kappa shape index (κ1) is 21.0. The van der Waals surface area contributed by atoms with Crippen LogP contribution < -0.4 is 9.80 Å². The molecule has 0 aromatic heterocycles. The summed E-state index contributed by atoms with van der Waals surface area (Å²) >= 11 is 0. The maximum absolute atomic E-state index is 13.1. The zero-order chi connectivity index (χ0) is 21.5. The Bertz CT molecular complexity index is 1060. The number of piperazine rings is 1. The van der Waals surface area contributed by atoms with E-state index < -0.39 is 10.0 Å². The highest BCUT2D eigenvalue weighted by molar-refractivity contribution is 7.89. The summed E-state index contributed by atoms with van der Waals surface area (Å²) in [7, 11) is -3.50. The van der Waals surface area contributed by atoms with Crippen molar-refractivity contribution in [2.24, 2.45) is 0 Å². The van der Waals surface area contributed by atoms with Crippen LogP contribution in [0.15, 0.2) is 47.4 Å². The number of nitrogens with one attached hydrogen (secondary N) is 1. The molecule has 0 spiro atoms. The summed E-state index contributed by atoms with van der Waals surface area (Å²) in [5.74, 6) is 0.119. The molecule has 0 unspecified atom stereocenters. The zero-order valence-electron chi connectivity index (χ0n) is 17.9. The van der Waals surface area contributed by atoms with Gasteiger partial charge < -0.3 is 9.80 Å². The third-order valence-corrected chi connectivity index (χ3v) is 8.31. The summed E-state index contributed by atoms with van der Waals surface area (Å²) in [5, 5.41) is 0. The number of nitrogens with zero attached hydrogens (tertiary/aromatic N) is 2. The first-order chi connectivity index (χ1) is 14.3. The van der Waals surface area contributed by atoms with Gasteiger partial charge in [0.1, 0.15) is 0 Å². The first-order valence-electron chi connectivity index (χ1n) is 10.6. The minimum Gasteiger partial charge on any atom is -0.325 e. The molecule has 0 saturated carbocycles. The lowest BCUT2D eigenvalue weighted by molar-refractivity contribution is -0.895. The number of quaternary nitrogens is 1. The highest BCUT2D eigenvalue weighted by Crippen LogP contribution is 2.31. The number of amides is 1. The lowest BCUT2D eigenvalue weighted by Gasteiger charge is -2.33. The largest absolute Gasteiger partial charge is 0.325 e. The second-order valence-electron chi connectivity index (χ2n) is 8.55. The normalized spacial score (nSPS) is 20.4. The van der Waals surface area contributed by atoms with Crippen molar-refractivity contribution < 1.29 is 18.1 Å². The van der Waals surface area contributed by atoms with Crippen molar-refractivity contribution in [3.63, 3.8) is 0 Å². The van der Waals surface area contributed by atoms with Gasteiger partial charge in [-0.25, -0.2) is 8.42 Å². The van der Waals surface area contributed by atoms with Crippen molar-refractivity contribution >= 4 is 21.6 Å². The number of rotatable bonds is 4. The van der Waals surface area contributed by atoms with Gasteiger partial charge in [0.2, 0.25) is 10.0 Å². The Balaban J connectivity index is 1.40. The number of aryl methyl sites for hydroxylation is 2. The Morgan fingerprint density at radius 3 is 2.50 bits per heavy atom. The minimum absolute atomic E-state index is 0.119. The quantitative estimate of drug-likeness (QED) is 0.795. The van der Waals surface area contributed by atoms with Crippen molar-refractivity contribution in [1.82, 2.24) is 4.31 Å². The highest BCUT2D eigenvalue weighted by atomic mass is 32.2. The fraction of sp³-hybridized carbons (Fsp3) is 0.435. The molecule has 0 bridgehead atoms. The molecule has 1 atom stereocenters. The molecule has 1 amide bonds. The average molecular weight is 429 g/mol. The third-order valence-electron chi connectivity index (χ3n) is 6.25. The summed E-state index contributed by atoms with van der Waals surface area (Å²) in [6, 6.07) is 13.7. The van der Waals surface area contributed by atoms with Crippen LogP contribution in [-0.4, -0.2) is 57.4 Å². The maximum Gasteiger partial charge on any atom is 0.282 e. The van der Waals surface area contributed by atoms with Gasteiger partial charge in [-0.05, 0) is 50.5 Å². The van der Waals surface area contributed by atoms with Crippen molar-refractivity contribution in [3.05, 3.63) is 59.2 Å². The van der Waals surface area contributed by atoms with Crippen molar-refractivity contribution in [1.29, 1.82) is 0 Å². The maximum atomic E-state index is 13.1. The number of sulfonamides is 1. The lowest BCUT2D eigenvalue weighted by Crippen LogP contribution is -3.15. The molecule has 0 radical (unpaired) electrons. The van der Waals surface area contributed by atoms with Crippen LogP contribution in [0.4, 0.5) is 5.69 Å². The van der Waals surface area contributed by atoms with Crippen molar-refractivity contribution in [3.8, 4) is 0 Å². The number of anilines is 1. The molecule has 160 valence electrons. The average Bonchev–Trinajstić information content (AvgIpc) is 3.04. The smallest absolute Gasteiger partial charge is 0.282 e. The lowest BCUT2D eigenvalue weighted by atomic mass is 10.1. The molecule has 6 nitrogen and oxygen atoms in total. The Morgan fingerprint density at radius 1 is 1.10 bits per heavy atom. The zero-order valence-corrected chi connectivity index (χ0v) is 18.7. The predicted octanol–water partition coefficient (Wildman–Crippen LogP) is 1.17. The highest BCUT2D eigenvalue weighted by Gasteiger charge is 2.35. The monoisotopic (exact) mass is 428 g/mol. The van der Waals surface area contributed by atoms with Crippen LogP contribution >= 0.6 is 0 Å². The van der Waals surface area contributed by atoms with Crippen molar-refractivity contribution in [2.75, 3.05) is 37.6 Å². The van der Waals surface area contributed by atoms with Crippen LogP contribution in [0.25, 0.3) is 0 Å². The summed E-state index contributed by atoms with van der Waals surface area (Å²) in [6.45, 7) is 8.43. The Morgan fingerprint density at radius 2 is 1.80 bits per heavy atom. The van der Waals surface area contributed by atoms with E-state index in [0.29, 0.717) is 37.6 Å². The molecule has 4 rings (SSSR count). The number of carbonyl (C=O) groups is 1. The van der Waals surface area contributed by atoms with E-state index in [1.165, 1.54) is 5.56 Å². The molecule has 0 aliphatic carbocycles. The Hall–Kier alpha value is -2.22. The number of hydrogen-bond donors (Lipinski definition) is 1. The van der Waals surface area contributed by atoms with Gasteiger partial charge in [-0.2, -0.15) is 4.31 Å². The molecule has 7 heteroatoms. The molecular weight excluding hydrogens is 398 g/mol. The fourth-order valence-electron chi connectivity index (χ4n) is 4.69. The number of benzene rings is 2. The number of carbonyl (C=O) groups excluding carboxylic acids is 1. The van der Waals surface area contributed by atoms with Gasteiger partial charge in [-0.15, -0.1) is 0 Å². The third kappa shape index (κ3) is 3.89. The van der Waals surface area contributed by atoms with Gasteiger partial charge in [0.05, 0.1) is 31.1 Å². The molecule has 2 aromatic carbocycles. The summed E-state index contributed by atoms with van der Waals surface area (Å²) in [4.78, 5) is 16.5. The van der Waals surface area contributed by atoms with Crippen molar-refractivity contribution in [2.45, 2.75) is 38.1 Å². The molecule has 1 fully saturated rings. The SMILES string of the molecule is Cc1ccc(S(=O)(=O)N2CC[NH+](CC(=O)N3c4ccccc4C[C@H]3C)CC2)c(C)c1. The number of para-hydroxylation sites is 1. The van der Waals surface area contributed by atoms with Gasteiger partial charge in [0.25, 0.3) is 5.91 Å². The van der Waals surface area contributed by atoms with Crippen LogP contribution in [0.5, 0.6) is 0 Å². The molecule has 30 heavy (non-hydrogen) atoms. The van der Waals surface area contributed by atoms with E-state index in [0.717, 1.165) is 28.1 Å². The van der Waals surface area contributed by atoms with E-state index >= 15 is 0 Å². The molecule has 2 heterocycles. The number of fused-ring (bicyclic) bond motifs is 1. The molecule has 2 aliphatic rings. The number of hydrogen-bond acceptors (Lipinski definition) is 3. The minimum atomic E-state index is -3.50. The van der Waals surface area contributed by atoms with E-state index in [1.54, 1.807) is 10.4 Å². The fourth-order valence-corrected chi connectivity index (χ4v) is 6.34. The van der Waals surface area contributed by atoms with Crippen LogP contribution in [0.2, 0.25) is 0 Å². The van der Waals surface area contributed by atoms with Crippen LogP contribution in [-0.2, 0) is 21.2 Å². The van der Waals surface area contributed by atoms with Gasteiger partial charge in [0, 0.05) is 11.7 Å². The molecule has 1 N–H and O–H groups in total. The topological polar surface area (TPSA) is 62.1 Å². The van der Waals surface area contributed by atoms with Crippen LogP contribution in [0.3, 0.4) is 0 Å². The van der Waals surface area contributed by atoms with E-state index in [4.69, 9.17) is 0 Å². The van der Waals surface area contributed by atoms with Gasteiger partial charge in [0.15, 0.2) is 6.54 Å². The summed E-state index contributed by atoms with van der Waals surface area (Å²) < 4.78 is 27.7. The predicted molar refractivity (Wildman–Crippen MR) is 117 cm³/mol. The Labute approximate surface area is 179 Å². The van der Waals surface area contributed by atoms with Crippen LogP contribution in [0, 0.1) is 13.8 Å². The van der Waals surface area contributed by atoms with Crippen LogP contribution in [0.1, 0.15) is 23.6 Å². The second-order valence-corrected chi connectivity index (χ2v) is 10.5. The summed E-state index contributed by atoms with van der Waals surface area (Å²) in [6.07, 6.45) is 0.888. The van der Waals surface area contributed by atoms with E-state index in [-0.39, 0.29) is 11.9 Å². The molecule has 2 aliphatic heterocycles. The van der Waals surface area contributed by atoms with Gasteiger partial charge in [-0.1, -0.05) is 35.9 Å². The van der Waals surface area contributed by atoms with Gasteiger partial charge >= 0.3 is 0 Å². The standard InChI is InChI=1S/C23H29N3O3S/c1-17-8-9-22(18(2)14-17)30(28,29)25-12-10-24(11-13-25)16-23(27)26-19(3)15-20-6-4-5-7-21(20)26/h4-9,14,19H,10-13,15-16H2,1-3H3/p+1/t19-/m1/s1. The second kappa shape index (κ2) is 8.13. The molecular formula is C23H30N3O3S+. The van der Waals surface area contributed by atoms with E-state index in [1.807, 2.05) is 49.1 Å². The van der Waals surface area contributed by atoms with Gasteiger partial charge in [-0.3, -0.25) is 4.79 Å². The van der Waals surface area contributed by atoms with E-state index in [9.17, 15) is 13.2 Å².